The van der Waals surface area contributed by atoms with E-state index in [0.717, 1.165) is 19.5 Å². The lowest BCUT2D eigenvalue weighted by Gasteiger charge is -2.25. The molecule has 1 aliphatic heterocycles. The first kappa shape index (κ1) is 15.5. The number of carbonyl (C=O) groups excluding carboxylic acids is 1. The summed E-state index contributed by atoms with van der Waals surface area (Å²) in [6, 6.07) is 0.410. The molecule has 0 aromatic carbocycles. The minimum absolute atomic E-state index is 0.206. The van der Waals surface area contributed by atoms with Crippen molar-refractivity contribution < 1.29 is 4.79 Å². The Bertz CT molecular complexity index is 245. The van der Waals surface area contributed by atoms with Gasteiger partial charge < -0.3 is 10.6 Å². The number of hydrogen-bond acceptors (Lipinski definition) is 2. The molecule has 0 bridgehead atoms. The van der Waals surface area contributed by atoms with Crippen molar-refractivity contribution in [3.05, 3.63) is 0 Å². The average Bonchev–Trinajstić information content (AvgIpc) is 2.80. The van der Waals surface area contributed by atoms with Crippen LogP contribution in [0, 0.1) is 5.41 Å². The van der Waals surface area contributed by atoms with Crippen molar-refractivity contribution in [2.45, 2.75) is 71.8 Å². The molecule has 0 aliphatic carbocycles. The number of carbonyl (C=O) groups is 1. The molecule has 1 saturated heterocycles. The lowest BCUT2D eigenvalue weighted by atomic mass is 9.87. The van der Waals surface area contributed by atoms with Crippen LogP contribution in [0.5, 0.6) is 0 Å². The average molecular weight is 254 g/mol. The van der Waals surface area contributed by atoms with Crippen LogP contribution in [0.2, 0.25) is 0 Å². The van der Waals surface area contributed by atoms with Crippen molar-refractivity contribution in [3.63, 3.8) is 0 Å². The van der Waals surface area contributed by atoms with Gasteiger partial charge in [-0.3, -0.25) is 4.79 Å². The van der Waals surface area contributed by atoms with Crippen molar-refractivity contribution in [2.24, 2.45) is 5.41 Å². The van der Waals surface area contributed by atoms with E-state index in [-0.39, 0.29) is 11.3 Å². The number of nitrogens with one attached hydrogen (secondary N) is 2. The topological polar surface area (TPSA) is 41.1 Å². The van der Waals surface area contributed by atoms with Gasteiger partial charge in [0.2, 0.25) is 5.91 Å². The molecule has 0 radical (unpaired) electrons. The van der Waals surface area contributed by atoms with E-state index in [2.05, 4.69) is 31.4 Å². The molecule has 1 heterocycles. The van der Waals surface area contributed by atoms with E-state index in [9.17, 15) is 4.79 Å². The third kappa shape index (κ3) is 6.39. The maximum Gasteiger partial charge on any atom is 0.221 e. The highest BCUT2D eigenvalue weighted by Crippen LogP contribution is 2.22. The normalized spacial score (nSPS) is 20.1. The van der Waals surface area contributed by atoms with Crippen LogP contribution in [0.1, 0.15) is 65.7 Å². The van der Waals surface area contributed by atoms with Crippen molar-refractivity contribution in [3.8, 4) is 0 Å². The summed E-state index contributed by atoms with van der Waals surface area (Å²) in [6.45, 7) is 8.60. The van der Waals surface area contributed by atoms with Crippen LogP contribution in [0.15, 0.2) is 0 Å². The molecule has 2 N–H and O–H groups in total. The Morgan fingerprint density at radius 3 is 2.78 bits per heavy atom. The Morgan fingerprint density at radius 2 is 2.17 bits per heavy atom. The van der Waals surface area contributed by atoms with Gasteiger partial charge in [0, 0.05) is 19.0 Å². The molecule has 1 fully saturated rings. The molecular weight excluding hydrogens is 224 g/mol. The third-order valence-electron chi connectivity index (χ3n) is 3.82. The lowest BCUT2D eigenvalue weighted by molar-refractivity contribution is -0.122. The molecule has 0 saturated carbocycles. The molecule has 0 aromatic heterocycles. The summed E-state index contributed by atoms with van der Waals surface area (Å²) in [6.07, 6.45) is 8.02. The maximum absolute atomic E-state index is 11.8. The number of unbranched alkanes of at least 4 members (excludes halogenated alkanes) is 2. The molecule has 1 amide bonds. The number of hydrogen-bond donors (Lipinski definition) is 2. The van der Waals surface area contributed by atoms with Crippen molar-refractivity contribution in [2.75, 3.05) is 13.1 Å². The maximum atomic E-state index is 11.8. The van der Waals surface area contributed by atoms with E-state index in [4.69, 9.17) is 0 Å². The van der Waals surface area contributed by atoms with Gasteiger partial charge in [0.15, 0.2) is 0 Å². The highest BCUT2D eigenvalue weighted by Gasteiger charge is 2.21. The lowest BCUT2D eigenvalue weighted by Crippen LogP contribution is -2.37. The van der Waals surface area contributed by atoms with Gasteiger partial charge in [0.05, 0.1) is 0 Å². The van der Waals surface area contributed by atoms with Crippen LogP contribution >= 0.6 is 0 Å². The largest absolute Gasteiger partial charge is 0.356 e. The highest BCUT2D eigenvalue weighted by molar-refractivity contribution is 5.76. The van der Waals surface area contributed by atoms with Crippen LogP contribution in [0.3, 0.4) is 0 Å². The number of amides is 1. The van der Waals surface area contributed by atoms with Crippen molar-refractivity contribution >= 4 is 5.91 Å². The van der Waals surface area contributed by atoms with Gasteiger partial charge in [-0.25, -0.2) is 0 Å². The molecule has 1 atom stereocenters. The zero-order valence-electron chi connectivity index (χ0n) is 12.3. The van der Waals surface area contributed by atoms with Crippen LogP contribution in [-0.4, -0.2) is 25.0 Å². The third-order valence-corrected chi connectivity index (χ3v) is 3.82. The van der Waals surface area contributed by atoms with Crippen molar-refractivity contribution in [1.29, 1.82) is 0 Å². The molecule has 3 heteroatoms. The Balaban J connectivity index is 2.15. The van der Waals surface area contributed by atoms with E-state index in [0.29, 0.717) is 12.5 Å². The molecule has 3 nitrogen and oxygen atoms in total. The zero-order valence-corrected chi connectivity index (χ0v) is 12.3. The van der Waals surface area contributed by atoms with Crippen LogP contribution in [-0.2, 0) is 4.79 Å². The van der Waals surface area contributed by atoms with Gasteiger partial charge in [-0.15, -0.1) is 0 Å². The molecule has 1 unspecified atom stereocenters. The van der Waals surface area contributed by atoms with Gasteiger partial charge in [0.1, 0.15) is 0 Å². The van der Waals surface area contributed by atoms with E-state index in [1.54, 1.807) is 0 Å². The predicted molar refractivity (Wildman–Crippen MR) is 76.6 cm³/mol. The summed E-state index contributed by atoms with van der Waals surface area (Å²) in [4.78, 5) is 11.8. The summed E-state index contributed by atoms with van der Waals surface area (Å²) in [7, 11) is 0. The summed E-state index contributed by atoms with van der Waals surface area (Å²) in [5, 5.41) is 6.46. The summed E-state index contributed by atoms with van der Waals surface area (Å²) < 4.78 is 0. The second-order valence-electron chi connectivity index (χ2n) is 6.40. The fourth-order valence-electron chi connectivity index (χ4n) is 2.51. The highest BCUT2D eigenvalue weighted by atomic mass is 16.1. The second-order valence-corrected chi connectivity index (χ2v) is 6.40. The Kier molecular flexibility index (Phi) is 6.69. The predicted octanol–water partition coefficient (Wildman–Crippen LogP) is 2.85. The van der Waals surface area contributed by atoms with Gasteiger partial charge in [-0.05, 0) is 31.2 Å². The molecular formula is C15H30N2O. The van der Waals surface area contributed by atoms with Crippen LogP contribution in [0.4, 0.5) is 0 Å². The quantitative estimate of drug-likeness (QED) is 0.654. The zero-order chi connectivity index (χ0) is 13.4. The SMILES string of the molecule is CCCCCC(C)(C)CNC(=O)CC1CCCN1. The summed E-state index contributed by atoms with van der Waals surface area (Å²) in [5.41, 5.74) is 0.230. The minimum Gasteiger partial charge on any atom is -0.356 e. The smallest absolute Gasteiger partial charge is 0.221 e. The first-order valence-corrected chi connectivity index (χ1v) is 7.53. The van der Waals surface area contributed by atoms with Gasteiger partial charge in [-0.2, -0.15) is 0 Å². The van der Waals surface area contributed by atoms with Gasteiger partial charge >= 0.3 is 0 Å². The first-order chi connectivity index (χ1) is 8.53. The summed E-state index contributed by atoms with van der Waals surface area (Å²) >= 11 is 0. The standard InChI is InChI=1S/C15H30N2O/c1-4-5-6-9-15(2,3)12-17-14(18)11-13-8-7-10-16-13/h13,16H,4-12H2,1-3H3,(H,17,18). The molecule has 0 aromatic rings. The number of rotatable bonds is 8. The minimum atomic E-state index is 0.206. The fraction of sp³-hybridized carbons (Fsp3) is 0.933. The monoisotopic (exact) mass is 254 g/mol. The van der Waals surface area contributed by atoms with E-state index in [1.165, 1.54) is 32.1 Å². The van der Waals surface area contributed by atoms with Gasteiger partial charge in [0.25, 0.3) is 0 Å². The molecule has 1 aliphatic rings. The van der Waals surface area contributed by atoms with Crippen molar-refractivity contribution in [1.82, 2.24) is 10.6 Å². The molecule has 0 spiro atoms. The first-order valence-electron chi connectivity index (χ1n) is 7.53. The van der Waals surface area contributed by atoms with Crippen LogP contribution in [0.25, 0.3) is 0 Å². The summed E-state index contributed by atoms with van der Waals surface area (Å²) in [5.74, 6) is 0.206. The Labute approximate surface area is 112 Å². The molecule has 106 valence electrons. The van der Waals surface area contributed by atoms with E-state index < -0.39 is 0 Å². The fourth-order valence-corrected chi connectivity index (χ4v) is 2.51. The second kappa shape index (κ2) is 7.78. The molecule has 1 rings (SSSR count). The van der Waals surface area contributed by atoms with Crippen LogP contribution < -0.4 is 10.6 Å². The Hall–Kier alpha value is -0.570. The Morgan fingerprint density at radius 1 is 1.39 bits per heavy atom. The van der Waals surface area contributed by atoms with E-state index >= 15 is 0 Å². The molecule has 18 heavy (non-hydrogen) atoms. The van der Waals surface area contributed by atoms with E-state index in [1.807, 2.05) is 0 Å². The van der Waals surface area contributed by atoms with Gasteiger partial charge in [-0.1, -0.05) is 40.0 Å².